The molecule has 0 N–H and O–H groups in total. The first-order valence-electron chi connectivity index (χ1n) is 8.29. The van der Waals surface area contributed by atoms with Gasteiger partial charge in [0.2, 0.25) is 5.89 Å². The van der Waals surface area contributed by atoms with Gasteiger partial charge in [-0.15, -0.1) is 23.4 Å². The van der Waals surface area contributed by atoms with Crippen LogP contribution in [-0.2, 0) is 16.9 Å². The number of benzene rings is 2. The minimum Gasteiger partial charge on any atom is -0.616 e. The molecule has 0 saturated carbocycles. The summed E-state index contributed by atoms with van der Waals surface area (Å²) >= 11 is -1.12. The van der Waals surface area contributed by atoms with Crippen molar-refractivity contribution in [2.24, 2.45) is 0 Å². The number of rotatable bonds is 5. The maximum atomic E-state index is 12.5. The van der Waals surface area contributed by atoms with E-state index in [1.54, 1.807) is 24.3 Å². The molecule has 6 nitrogen and oxygen atoms in total. The average Bonchev–Trinajstić information content (AvgIpc) is 3.26. The molecule has 0 aliphatic carbocycles. The van der Waals surface area contributed by atoms with Crippen molar-refractivity contribution < 1.29 is 31.3 Å². The zero-order chi connectivity index (χ0) is 20.6. The quantitative estimate of drug-likeness (QED) is 0.424. The molecule has 29 heavy (non-hydrogen) atoms. The Bertz CT molecular complexity index is 1150. The van der Waals surface area contributed by atoms with Gasteiger partial charge in [-0.05, 0) is 47.1 Å². The van der Waals surface area contributed by atoms with Crippen LogP contribution in [-0.4, -0.2) is 27.4 Å². The van der Waals surface area contributed by atoms with Gasteiger partial charge in [0.1, 0.15) is 11.3 Å². The Kier molecular flexibility index (Phi) is 4.97. The van der Waals surface area contributed by atoms with Crippen molar-refractivity contribution >= 4 is 22.1 Å². The van der Waals surface area contributed by atoms with E-state index in [1.807, 2.05) is 0 Å². The number of furan rings is 1. The Morgan fingerprint density at radius 1 is 1.10 bits per heavy atom. The van der Waals surface area contributed by atoms with E-state index in [9.17, 15) is 17.7 Å². The van der Waals surface area contributed by atoms with Crippen molar-refractivity contribution in [1.29, 1.82) is 0 Å². The number of hydrogen-bond acceptors (Lipinski definition) is 6. The van der Waals surface area contributed by atoms with E-state index in [0.717, 1.165) is 0 Å². The molecule has 0 fully saturated rings. The van der Waals surface area contributed by atoms with Crippen molar-refractivity contribution in [3.8, 4) is 28.3 Å². The third-order valence-electron chi connectivity index (χ3n) is 3.99. The maximum Gasteiger partial charge on any atom is 0.573 e. The minimum absolute atomic E-state index is 0.151. The van der Waals surface area contributed by atoms with E-state index >= 15 is 0 Å². The molecule has 0 radical (unpaired) electrons. The normalized spacial score (nSPS) is 13.0. The van der Waals surface area contributed by atoms with Crippen LogP contribution in [0.25, 0.3) is 33.6 Å². The number of halogens is 3. The molecule has 1 unspecified atom stereocenters. The highest BCUT2D eigenvalue weighted by Crippen LogP contribution is 2.35. The Labute approximate surface area is 165 Å². The largest absolute Gasteiger partial charge is 0.616 e. The molecule has 0 aliphatic heterocycles. The number of hydrogen-bond donors (Lipinski definition) is 0. The molecule has 150 valence electrons. The van der Waals surface area contributed by atoms with Crippen molar-refractivity contribution in [3.63, 3.8) is 0 Å². The predicted molar refractivity (Wildman–Crippen MR) is 99.4 cm³/mol. The lowest BCUT2D eigenvalue weighted by Crippen LogP contribution is -2.17. The second-order valence-corrected chi connectivity index (χ2v) is 7.59. The molecule has 0 aliphatic rings. The third-order valence-corrected chi connectivity index (χ3v) is 4.65. The van der Waals surface area contributed by atoms with Gasteiger partial charge < -0.3 is 18.1 Å². The molecular weight excluding hydrogens is 409 g/mol. The molecule has 4 rings (SSSR count). The van der Waals surface area contributed by atoms with Crippen LogP contribution in [0.15, 0.2) is 57.6 Å². The third kappa shape index (κ3) is 4.38. The first kappa shape index (κ1) is 19.3. The number of aromatic nitrogens is 2. The summed E-state index contributed by atoms with van der Waals surface area (Å²) in [5.74, 6) is 0.326. The molecule has 0 spiro atoms. The van der Waals surface area contributed by atoms with Gasteiger partial charge in [-0.25, -0.2) is 0 Å². The standard InChI is InChI=1S/C19H13F3N2O4S/c1-29(25)10-17-23-24-18(27-17)12-5-6-16-14(8-12)15(9-26-16)11-3-2-4-13(7-11)28-19(20,21)22/h2-9H,10H2,1H3. The van der Waals surface area contributed by atoms with E-state index in [-0.39, 0.29) is 23.3 Å². The Hall–Kier alpha value is -2.98. The van der Waals surface area contributed by atoms with Crippen molar-refractivity contribution in [2.75, 3.05) is 6.26 Å². The lowest BCUT2D eigenvalue weighted by Gasteiger charge is -2.09. The molecule has 10 heteroatoms. The van der Waals surface area contributed by atoms with Crippen LogP contribution in [0.4, 0.5) is 13.2 Å². The molecule has 0 saturated heterocycles. The highest BCUT2D eigenvalue weighted by Gasteiger charge is 2.31. The zero-order valence-corrected chi connectivity index (χ0v) is 15.7. The van der Waals surface area contributed by atoms with Crippen LogP contribution in [0.1, 0.15) is 5.89 Å². The molecule has 2 aromatic carbocycles. The number of fused-ring (bicyclic) bond motifs is 1. The summed E-state index contributed by atoms with van der Waals surface area (Å²) in [6.07, 6.45) is -1.78. The molecule has 2 aromatic heterocycles. The van der Waals surface area contributed by atoms with Crippen molar-refractivity contribution in [2.45, 2.75) is 12.1 Å². The fourth-order valence-corrected chi connectivity index (χ4v) is 3.31. The van der Waals surface area contributed by atoms with E-state index < -0.39 is 17.5 Å². The summed E-state index contributed by atoms with van der Waals surface area (Å²) in [5, 5.41) is 8.49. The van der Waals surface area contributed by atoms with Crippen LogP contribution >= 0.6 is 0 Å². The Morgan fingerprint density at radius 3 is 2.69 bits per heavy atom. The number of nitrogens with zero attached hydrogens (tertiary/aromatic N) is 2. The van der Waals surface area contributed by atoms with E-state index in [4.69, 9.17) is 8.83 Å². The van der Waals surface area contributed by atoms with Gasteiger partial charge in [0, 0.05) is 16.5 Å². The molecule has 4 aromatic rings. The lowest BCUT2D eigenvalue weighted by atomic mass is 10.0. The van der Waals surface area contributed by atoms with Crippen LogP contribution in [0, 0.1) is 0 Å². The van der Waals surface area contributed by atoms with Gasteiger partial charge >= 0.3 is 6.36 Å². The fraction of sp³-hybridized carbons (Fsp3) is 0.158. The van der Waals surface area contributed by atoms with E-state index in [1.165, 1.54) is 30.7 Å². The average molecular weight is 422 g/mol. The zero-order valence-electron chi connectivity index (χ0n) is 14.9. The van der Waals surface area contributed by atoms with Crippen molar-refractivity contribution in [3.05, 3.63) is 54.6 Å². The smallest absolute Gasteiger partial charge is 0.573 e. The first-order valence-corrected chi connectivity index (χ1v) is 10.0. The topological polar surface area (TPSA) is 84.4 Å². The second-order valence-electron chi connectivity index (χ2n) is 6.15. The summed E-state index contributed by atoms with van der Waals surface area (Å²) in [4.78, 5) is 0. The molecule has 0 bridgehead atoms. The Balaban J connectivity index is 1.71. The van der Waals surface area contributed by atoms with Crippen LogP contribution in [0.3, 0.4) is 0 Å². The van der Waals surface area contributed by atoms with Crippen LogP contribution in [0.5, 0.6) is 5.75 Å². The predicted octanol–water partition coefficient (Wildman–Crippen LogP) is 4.93. The van der Waals surface area contributed by atoms with Crippen LogP contribution in [0.2, 0.25) is 0 Å². The molecular formula is C19H13F3N2O4S. The van der Waals surface area contributed by atoms with Gasteiger partial charge in [0.05, 0.1) is 12.5 Å². The van der Waals surface area contributed by atoms with Crippen molar-refractivity contribution in [1.82, 2.24) is 10.2 Å². The molecule has 1 atom stereocenters. The van der Waals surface area contributed by atoms with Gasteiger partial charge in [-0.3, -0.25) is 0 Å². The minimum atomic E-state index is -4.78. The molecule has 0 amide bonds. The summed E-state index contributed by atoms with van der Waals surface area (Å²) < 4.78 is 63.9. The van der Waals surface area contributed by atoms with Gasteiger partial charge in [0.25, 0.3) is 5.89 Å². The number of alkyl halides is 3. The van der Waals surface area contributed by atoms with Gasteiger partial charge in [-0.1, -0.05) is 12.1 Å². The van der Waals surface area contributed by atoms with E-state index in [0.29, 0.717) is 27.7 Å². The number of ether oxygens (including phenoxy) is 1. The van der Waals surface area contributed by atoms with Crippen LogP contribution < -0.4 is 4.74 Å². The maximum absolute atomic E-state index is 12.5. The molecule has 2 heterocycles. The Morgan fingerprint density at radius 2 is 1.93 bits per heavy atom. The summed E-state index contributed by atoms with van der Waals surface area (Å²) in [6.45, 7) is 0. The van der Waals surface area contributed by atoms with E-state index in [2.05, 4.69) is 14.9 Å². The second kappa shape index (κ2) is 7.45. The summed E-state index contributed by atoms with van der Waals surface area (Å²) in [6, 6.07) is 10.8. The first-order chi connectivity index (χ1) is 13.8. The SMILES string of the molecule is C[S+]([O-])Cc1nnc(-c2ccc3occ(-c4cccc(OC(F)(F)F)c4)c3c2)o1. The summed E-state index contributed by atoms with van der Waals surface area (Å²) in [5.41, 5.74) is 2.22. The van der Waals surface area contributed by atoms with Gasteiger partial charge in [0.15, 0.2) is 5.75 Å². The fourth-order valence-electron chi connectivity index (χ4n) is 2.85. The summed E-state index contributed by atoms with van der Waals surface area (Å²) in [7, 11) is 0. The lowest BCUT2D eigenvalue weighted by molar-refractivity contribution is -0.274. The van der Waals surface area contributed by atoms with Gasteiger partial charge in [-0.2, -0.15) is 0 Å². The highest BCUT2D eigenvalue weighted by atomic mass is 32.2. The monoisotopic (exact) mass is 422 g/mol. The highest BCUT2D eigenvalue weighted by molar-refractivity contribution is 7.89.